The number of carbonyl (C=O) groups is 1. The maximum Gasteiger partial charge on any atom is 0.337 e. The summed E-state index contributed by atoms with van der Waals surface area (Å²) in [6, 6.07) is 14.0. The Labute approximate surface area is 164 Å². The van der Waals surface area contributed by atoms with Gasteiger partial charge in [0.15, 0.2) is 0 Å². The molecule has 3 aromatic rings. The molecule has 136 valence electrons. The average molecular weight is 399 g/mol. The Morgan fingerprint density at radius 3 is 2.70 bits per heavy atom. The van der Waals surface area contributed by atoms with Gasteiger partial charge in [-0.2, -0.15) is 9.78 Å². The van der Waals surface area contributed by atoms with Crippen LogP contribution in [-0.2, 0) is 11.2 Å². The molecule has 1 aliphatic heterocycles. The number of ether oxygens (including phenoxy) is 1. The second kappa shape index (κ2) is 7.21. The van der Waals surface area contributed by atoms with Gasteiger partial charge in [0.1, 0.15) is 0 Å². The van der Waals surface area contributed by atoms with Crippen LogP contribution in [0.15, 0.2) is 58.2 Å². The molecule has 0 bridgehead atoms. The Morgan fingerprint density at radius 2 is 1.96 bits per heavy atom. The monoisotopic (exact) mass is 398 g/mol. The highest BCUT2D eigenvalue weighted by molar-refractivity contribution is 7.99. The van der Waals surface area contributed by atoms with E-state index in [-0.39, 0.29) is 5.56 Å². The molecule has 2 aromatic carbocycles. The fourth-order valence-electron chi connectivity index (χ4n) is 3.03. The number of carbonyl (C=O) groups excluding carboxylic acids is 1. The Balaban J connectivity index is 1.93. The SMILES string of the molecule is COC(=O)c1ccc2c(c1)-c1nn(-c3ccc(Cl)cc3)c(=O)cc1CCS2. The second-order valence-corrected chi connectivity index (χ2v) is 7.62. The number of methoxy groups -OCH3 is 1. The molecule has 2 heterocycles. The molecule has 5 nitrogen and oxygen atoms in total. The highest BCUT2D eigenvalue weighted by atomic mass is 35.5. The van der Waals surface area contributed by atoms with E-state index in [1.54, 1.807) is 54.2 Å². The van der Waals surface area contributed by atoms with Crippen molar-refractivity contribution in [1.82, 2.24) is 9.78 Å². The molecule has 0 spiro atoms. The van der Waals surface area contributed by atoms with Gasteiger partial charge < -0.3 is 4.74 Å². The van der Waals surface area contributed by atoms with Gasteiger partial charge in [0.25, 0.3) is 5.56 Å². The van der Waals surface area contributed by atoms with Crippen LogP contribution >= 0.6 is 23.4 Å². The first kappa shape index (κ1) is 17.8. The van der Waals surface area contributed by atoms with Crippen LogP contribution < -0.4 is 5.56 Å². The lowest BCUT2D eigenvalue weighted by Crippen LogP contribution is -2.22. The number of rotatable bonds is 2. The molecular weight excluding hydrogens is 384 g/mol. The largest absolute Gasteiger partial charge is 0.465 e. The fraction of sp³-hybridized carbons (Fsp3) is 0.150. The maximum absolute atomic E-state index is 12.6. The third-order valence-corrected chi connectivity index (χ3v) is 5.69. The van der Waals surface area contributed by atoms with Gasteiger partial charge in [-0.1, -0.05) is 11.6 Å². The van der Waals surface area contributed by atoms with E-state index in [4.69, 9.17) is 16.3 Å². The maximum atomic E-state index is 12.6. The summed E-state index contributed by atoms with van der Waals surface area (Å²) in [4.78, 5) is 25.6. The lowest BCUT2D eigenvalue weighted by atomic mass is 10.0. The van der Waals surface area contributed by atoms with Gasteiger partial charge in [-0.25, -0.2) is 4.79 Å². The van der Waals surface area contributed by atoms with Crippen LogP contribution in [-0.4, -0.2) is 28.6 Å². The topological polar surface area (TPSA) is 61.2 Å². The molecule has 27 heavy (non-hydrogen) atoms. The van der Waals surface area contributed by atoms with Crippen LogP contribution in [0.25, 0.3) is 16.9 Å². The molecule has 0 fully saturated rings. The molecule has 7 heteroatoms. The van der Waals surface area contributed by atoms with E-state index in [0.717, 1.165) is 28.2 Å². The summed E-state index contributed by atoms with van der Waals surface area (Å²) < 4.78 is 6.20. The van der Waals surface area contributed by atoms with Gasteiger partial charge in [-0.3, -0.25) is 4.79 Å². The van der Waals surface area contributed by atoms with E-state index in [1.807, 2.05) is 6.07 Å². The molecular formula is C20H15ClN2O3S. The minimum absolute atomic E-state index is 0.200. The van der Waals surface area contributed by atoms with E-state index in [2.05, 4.69) is 5.10 Å². The molecule has 0 aliphatic carbocycles. The Kier molecular flexibility index (Phi) is 4.76. The number of halogens is 1. The molecule has 1 aromatic heterocycles. The first-order valence-corrected chi connectivity index (χ1v) is 9.68. The van der Waals surface area contributed by atoms with Crippen LogP contribution in [0.4, 0.5) is 0 Å². The van der Waals surface area contributed by atoms with Crippen molar-refractivity contribution in [3.05, 3.63) is 75.0 Å². The van der Waals surface area contributed by atoms with Gasteiger partial charge in [0, 0.05) is 27.3 Å². The van der Waals surface area contributed by atoms with Gasteiger partial charge in [0.05, 0.1) is 24.1 Å². The first-order valence-electron chi connectivity index (χ1n) is 8.31. The van der Waals surface area contributed by atoms with Crippen LogP contribution in [0.5, 0.6) is 0 Å². The standard InChI is InChI=1S/C20H15ClN2O3S/c1-26-20(25)13-2-7-17-16(10-13)19-12(8-9-27-17)11-18(24)23(22-19)15-5-3-14(21)4-6-15/h2-7,10-11H,8-9H2,1H3. The third-order valence-electron chi connectivity index (χ3n) is 4.37. The second-order valence-electron chi connectivity index (χ2n) is 6.05. The number of fused-ring (bicyclic) bond motifs is 3. The zero-order valence-electron chi connectivity index (χ0n) is 14.4. The number of aromatic nitrogens is 2. The molecule has 0 atom stereocenters. The van der Waals surface area contributed by atoms with Crippen LogP contribution in [0, 0.1) is 0 Å². The molecule has 0 saturated heterocycles. The summed E-state index contributed by atoms with van der Waals surface area (Å²) in [5.74, 6) is 0.434. The molecule has 0 unspecified atom stereocenters. The van der Waals surface area contributed by atoms with Crippen LogP contribution in [0.3, 0.4) is 0 Å². The number of esters is 1. The van der Waals surface area contributed by atoms with E-state index < -0.39 is 5.97 Å². The number of thioether (sulfide) groups is 1. The highest BCUT2D eigenvalue weighted by Crippen LogP contribution is 2.36. The zero-order chi connectivity index (χ0) is 19.0. The van der Waals surface area contributed by atoms with Crippen molar-refractivity contribution in [2.75, 3.05) is 12.9 Å². The summed E-state index contributed by atoms with van der Waals surface area (Å²) in [6.45, 7) is 0. The molecule has 0 saturated carbocycles. The summed E-state index contributed by atoms with van der Waals surface area (Å²) in [5, 5.41) is 5.22. The van der Waals surface area contributed by atoms with Crippen molar-refractivity contribution in [2.45, 2.75) is 11.3 Å². The number of hydrogen-bond acceptors (Lipinski definition) is 5. The average Bonchev–Trinajstić information content (AvgIpc) is 2.85. The van der Waals surface area contributed by atoms with Gasteiger partial charge in [-0.05, 0) is 54.4 Å². The first-order chi connectivity index (χ1) is 13.1. The summed E-state index contributed by atoms with van der Waals surface area (Å²) in [6.07, 6.45) is 0.728. The molecule has 0 N–H and O–H groups in total. The van der Waals surface area contributed by atoms with Gasteiger partial charge in [0.2, 0.25) is 0 Å². The number of hydrogen-bond donors (Lipinski definition) is 0. The van der Waals surface area contributed by atoms with E-state index >= 15 is 0 Å². The Bertz CT molecular complexity index is 1090. The summed E-state index contributed by atoms with van der Waals surface area (Å²) >= 11 is 7.63. The van der Waals surface area contributed by atoms with Crippen molar-refractivity contribution >= 4 is 29.3 Å². The van der Waals surface area contributed by atoms with Crippen LogP contribution in [0.1, 0.15) is 15.9 Å². The molecule has 0 amide bonds. The van der Waals surface area contributed by atoms with E-state index in [1.165, 1.54) is 11.8 Å². The minimum Gasteiger partial charge on any atom is -0.465 e. The zero-order valence-corrected chi connectivity index (χ0v) is 16.0. The third kappa shape index (κ3) is 3.38. The van der Waals surface area contributed by atoms with Crippen LogP contribution in [0.2, 0.25) is 5.02 Å². The summed E-state index contributed by atoms with van der Waals surface area (Å²) in [7, 11) is 1.35. The van der Waals surface area contributed by atoms with E-state index in [0.29, 0.717) is 22.0 Å². The number of nitrogens with zero attached hydrogens (tertiary/aromatic N) is 2. The fourth-order valence-corrected chi connectivity index (χ4v) is 4.18. The predicted octanol–water partition coefficient (Wildman–Crippen LogP) is 3.99. The molecule has 4 rings (SSSR count). The quantitative estimate of drug-likeness (QED) is 0.611. The van der Waals surface area contributed by atoms with E-state index in [9.17, 15) is 9.59 Å². The Hall–Kier alpha value is -2.57. The van der Waals surface area contributed by atoms with Crippen molar-refractivity contribution in [1.29, 1.82) is 0 Å². The predicted molar refractivity (Wildman–Crippen MR) is 106 cm³/mol. The van der Waals surface area contributed by atoms with Crippen molar-refractivity contribution < 1.29 is 9.53 Å². The lowest BCUT2D eigenvalue weighted by molar-refractivity contribution is 0.0600. The molecule has 0 radical (unpaired) electrons. The Morgan fingerprint density at radius 1 is 1.19 bits per heavy atom. The van der Waals surface area contributed by atoms with Gasteiger partial charge >= 0.3 is 5.97 Å². The van der Waals surface area contributed by atoms with Crippen molar-refractivity contribution in [3.8, 4) is 16.9 Å². The highest BCUT2D eigenvalue weighted by Gasteiger charge is 2.20. The minimum atomic E-state index is -0.403. The molecule has 1 aliphatic rings. The number of benzene rings is 2. The number of aryl methyl sites for hydroxylation is 1. The van der Waals surface area contributed by atoms with Crippen molar-refractivity contribution in [3.63, 3.8) is 0 Å². The smallest absolute Gasteiger partial charge is 0.337 e. The van der Waals surface area contributed by atoms with Crippen molar-refractivity contribution in [2.24, 2.45) is 0 Å². The normalized spacial score (nSPS) is 12.7. The van der Waals surface area contributed by atoms with Gasteiger partial charge in [-0.15, -0.1) is 11.8 Å². The summed E-state index contributed by atoms with van der Waals surface area (Å²) in [5.41, 5.74) is 3.30. The lowest BCUT2D eigenvalue weighted by Gasteiger charge is -2.12.